The highest BCUT2D eigenvalue weighted by Crippen LogP contribution is 2.15. The second-order valence-electron chi connectivity index (χ2n) is 5.91. The number of aromatic amines is 1. The number of H-pyrrole nitrogens is 1. The van der Waals surface area contributed by atoms with Gasteiger partial charge in [0.05, 0.1) is 11.6 Å². The molecule has 0 spiro atoms. The molecule has 0 bridgehead atoms. The summed E-state index contributed by atoms with van der Waals surface area (Å²) in [5.41, 5.74) is 0.924. The van der Waals surface area contributed by atoms with E-state index in [2.05, 4.69) is 15.3 Å². The number of carbonyl (C=O) groups excluding carboxylic acids is 1. The number of nitrogens with one attached hydrogen (secondary N) is 2. The summed E-state index contributed by atoms with van der Waals surface area (Å²) in [7, 11) is 0. The maximum Gasteiger partial charge on any atom is 0.220 e. The van der Waals surface area contributed by atoms with Crippen LogP contribution in [0.15, 0.2) is 18.2 Å². The van der Waals surface area contributed by atoms with Gasteiger partial charge in [-0.3, -0.25) is 4.79 Å². The number of carbonyl (C=O) groups is 1. The fraction of sp³-hybridized carbons (Fsp3) is 0.500. The van der Waals surface area contributed by atoms with Gasteiger partial charge in [-0.15, -0.1) is 0 Å². The first-order valence-electron chi connectivity index (χ1n) is 7.53. The van der Waals surface area contributed by atoms with Crippen molar-refractivity contribution in [1.29, 1.82) is 0 Å². The molecule has 0 aliphatic carbocycles. The Morgan fingerprint density at radius 2 is 2.23 bits per heavy atom. The Morgan fingerprint density at radius 3 is 2.91 bits per heavy atom. The lowest BCUT2D eigenvalue weighted by molar-refractivity contribution is -0.121. The van der Waals surface area contributed by atoms with Crippen LogP contribution < -0.4 is 5.32 Å². The topological polar surface area (TPSA) is 78.0 Å². The number of nitrogens with zero attached hydrogens (tertiary/aromatic N) is 1. The van der Waals surface area contributed by atoms with Gasteiger partial charge in [-0.05, 0) is 24.5 Å². The van der Waals surface area contributed by atoms with Gasteiger partial charge in [0.15, 0.2) is 5.82 Å². The number of aliphatic hydroxyl groups excluding tert-OH is 1. The molecule has 2 rings (SSSR count). The molecular weight excluding hydrogens is 285 g/mol. The average Bonchev–Trinajstić information content (AvgIpc) is 2.87. The number of rotatable bonds is 7. The van der Waals surface area contributed by atoms with Crippen LogP contribution in [0.5, 0.6) is 0 Å². The first kappa shape index (κ1) is 16.4. The Kier molecular flexibility index (Phi) is 5.49. The number of amides is 1. The van der Waals surface area contributed by atoms with Crippen molar-refractivity contribution in [1.82, 2.24) is 15.3 Å². The van der Waals surface area contributed by atoms with E-state index in [1.165, 1.54) is 6.07 Å². The van der Waals surface area contributed by atoms with E-state index in [0.717, 1.165) is 0 Å². The van der Waals surface area contributed by atoms with Gasteiger partial charge in [-0.1, -0.05) is 19.9 Å². The van der Waals surface area contributed by atoms with Gasteiger partial charge in [0.25, 0.3) is 0 Å². The van der Waals surface area contributed by atoms with Gasteiger partial charge in [0.1, 0.15) is 11.3 Å². The van der Waals surface area contributed by atoms with Gasteiger partial charge in [-0.25, -0.2) is 9.37 Å². The van der Waals surface area contributed by atoms with Gasteiger partial charge in [0.2, 0.25) is 5.91 Å². The van der Waals surface area contributed by atoms with Crippen LogP contribution in [0.4, 0.5) is 4.39 Å². The molecule has 1 atom stereocenters. The smallest absolute Gasteiger partial charge is 0.220 e. The molecule has 2 aromatic rings. The summed E-state index contributed by atoms with van der Waals surface area (Å²) in [6.07, 6.45) is 0.781. The number of aliphatic hydroxyl groups is 1. The standard InChI is InChI=1S/C16H22FN3O2/c1-10(2)8-11(21)9-18-15(22)7-6-14-19-13-5-3-4-12(17)16(13)20-14/h3-5,10-11,21H,6-9H2,1-2H3,(H,18,22)(H,19,20). The van der Waals surface area contributed by atoms with Crippen molar-refractivity contribution >= 4 is 16.9 Å². The molecule has 1 amide bonds. The van der Waals surface area contributed by atoms with Crippen molar-refractivity contribution < 1.29 is 14.3 Å². The van der Waals surface area contributed by atoms with E-state index >= 15 is 0 Å². The van der Waals surface area contributed by atoms with Crippen LogP contribution in [-0.2, 0) is 11.2 Å². The molecule has 6 heteroatoms. The van der Waals surface area contributed by atoms with Crippen LogP contribution in [-0.4, -0.2) is 33.6 Å². The van der Waals surface area contributed by atoms with Crippen LogP contribution in [0.25, 0.3) is 11.0 Å². The second kappa shape index (κ2) is 7.35. The summed E-state index contributed by atoms with van der Waals surface area (Å²) < 4.78 is 13.5. The molecular formula is C16H22FN3O2. The zero-order valence-corrected chi connectivity index (χ0v) is 12.9. The number of hydrogen-bond acceptors (Lipinski definition) is 3. The Bertz CT molecular complexity index is 639. The molecule has 1 aromatic heterocycles. The summed E-state index contributed by atoms with van der Waals surface area (Å²) in [4.78, 5) is 18.9. The van der Waals surface area contributed by atoms with Crippen LogP contribution >= 0.6 is 0 Å². The third-order valence-electron chi connectivity index (χ3n) is 3.38. The summed E-state index contributed by atoms with van der Waals surface area (Å²) in [6.45, 7) is 4.29. The minimum absolute atomic E-state index is 0.149. The molecule has 120 valence electrons. The quantitative estimate of drug-likeness (QED) is 0.733. The van der Waals surface area contributed by atoms with E-state index in [1.54, 1.807) is 12.1 Å². The van der Waals surface area contributed by atoms with E-state index < -0.39 is 6.10 Å². The minimum atomic E-state index is -0.524. The number of fused-ring (bicyclic) bond motifs is 1. The predicted octanol–water partition coefficient (Wildman–Crippen LogP) is 2.16. The lowest BCUT2D eigenvalue weighted by Crippen LogP contribution is -2.32. The SMILES string of the molecule is CC(C)CC(O)CNC(=O)CCc1nc2c(F)cccc2[nH]1. The van der Waals surface area contributed by atoms with Gasteiger partial charge in [0, 0.05) is 19.4 Å². The molecule has 0 fully saturated rings. The largest absolute Gasteiger partial charge is 0.391 e. The zero-order valence-electron chi connectivity index (χ0n) is 12.9. The highest BCUT2D eigenvalue weighted by molar-refractivity contribution is 5.77. The van der Waals surface area contributed by atoms with Crippen LogP contribution in [0, 0.1) is 11.7 Å². The molecule has 1 aromatic carbocycles. The number of aromatic nitrogens is 2. The van der Waals surface area contributed by atoms with Gasteiger partial charge >= 0.3 is 0 Å². The average molecular weight is 307 g/mol. The molecule has 0 radical (unpaired) electrons. The van der Waals surface area contributed by atoms with Crippen LogP contribution in [0.1, 0.15) is 32.5 Å². The van der Waals surface area contributed by atoms with Gasteiger partial charge < -0.3 is 15.4 Å². The van der Waals surface area contributed by atoms with E-state index in [0.29, 0.717) is 35.6 Å². The number of imidazole rings is 1. The Labute approximate surface area is 128 Å². The molecule has 0 saturated carbocycles. The van der Waals surface area contributed by atoms with Crippen molar-refractivity contribution in [3.63, 3.8) is 0 Å². The predicted molar refractivity (Wildman–Crippen MR) is 82.8 cm³/mol. The van der Waals surface area contributed by atoms with E-state index in [-0.39, 0.29) is 24.7 Å². The Balaban J connectivity index is 1.81. The summed E-state index contributed by atoms with van der Waals surface area (Å²) in [5, 5.41) is 12.4. The van der Waals surface area contributed by atoms with Crippen molar-refractivity contribution in [2.45, 2.75) is 39.2 Å². The van der Waals surface area contributed by atoms with E-state index in [9.17, 15) is 14.3 Å². The number of hydrogen-bond donors (Lipinski definition) is 3. The fourth-order valence-corrected chi connectivity index (χ4v) is 2.35. The Morgan fingerprint density at radius 1 is 1.45 bits per heavy atom. The van der Waals surface area contributed by atoms with Crippen LogP contribution in [0.2, 0.25) is 0 Å². The molecule has 1 unspecified atom stereocenters. The van der Waals surface area contributed by atoms with Crippen LogP contribution in [0.3, 0.4) is 0 Å². The minimum Gasteiger partial charge on any atom is -0.391 e. The highest BCUT2D eigenvalue weighted by atomic mass is 19.1. The number of halogens is 1. The van der Waals surface area contributed by atoms with E-state index in [1.807, 2.05) is 13.8 Å². The Hall–Kier alpha value is -1.95. The number of para-hydroxylation sites is 1. The van der Waals surface area contributed by atoms with Crippen molar-refractivity contribution in [3.05, 3.63) is 29.8 Å². The van der Waals surface area contributed by atoms with Crippen molar-refractivity contribution in [3.8, 4) is 0 Å². The van der Waals surface area contributed by atoms with Crippen molar-refractivity contribution in [2.75, 3.05) is 6.54 Å². The first-order valence-corrected chi connectivity index (χ1v) is 7.53. The summed E-state index contributed by atoms with van der Waals surface area (Å²) in [6, 6.07) is 4.72. The highest BCUT2D eigenvalue weighted by Gasteiger charge is 2.11. The second-order valence-corrected chi connectivity index (χ2v) is 5.91. The third-order valence-corrected chi connectivity index (χ3v) is 3.38. The molecule has 5 nitrogen and oxygen atoms in total. The zero-order chi connectivity index (χ0) is 16.1. The van der Waals surface area contributed by atoms with E-state index in [4.69, 9.17) is 0 Å². The molecule has 3 N–H and O–H groups in total. The van der Waals surface area contributed by atoms with Gasteiger partial charge in [-0.2, -0.15) is 0 Å². The lowest BCUT2D eigenvalue weighted by atomic mass is 10.1. The van der Waals surface area contributed by atoms with Crippen molar-refractivity contribution in [2.24, 2.45) is 5.92 Å². The maximum absolute atomic E-state index is 13.5. The molecule has 0 aliphatic heterocycles. The normalized spacial score (nSPS) is 12.8. The number of aryl methyl sites for hydroxylation is 1. The molecule has 0 aliphatic rings. The lowest BCUT2D eigenvalue weighted by Gasteiger charge is -2.13. The first-order chi connectivity index (χ1) is 10.5. The third kappa shape index (κ3) is 4.53. The maximum atomic E-state index is 13.5. The molecule has 22 heavy (non-hydrogen) atoms. The summed E-state index contributed by atoms with van der Waals surface area (Å²) >= 11 is 0. The number of benzene rings is 1. The monoisotopic (exact) mass is 307 g/mol. The molecule has 1 heterocycles. The summed E-state index contributed by atoms with van der Waals surface area (Å²) in [5.74, 6) is 0.445. The molecule has 0 saturated heterocycles. The fourth-order valence-electron chi connectivity index (χ4n) is 2.35.